The molecule has 0 saturated carbocycles. The Morgan fingerprint density at radius 1 is 1.20 bits per heavy atom. The van der Waals surface area contributed by atoms with Crippen LogP contribution in [0.2, 0.25) is 0 Å². The molecule has 132 valence electrons. The van der Waals surface area contributed by atoms with Gasteiger partial charge in [0, 0.05) is 49.1 Å². The number of anilines is 1. The number of nitrogens with one attached hydrogen (secondary N) is 1. The van der Waals surface area contributed by atoms with Crippen LogP contribution in [0.15, 0.2) is 53.8 Å². The van der Waals surface area contributed by atoms with Crippen molar-refractivity contribution in [2.45, 2.75) is 24.2 Å². The van der Waals surface area contributed by atoms with Crippen LogP contribution in [0.3, 0.4) is 0 Å². The lowest BCUT2D eigenvalue weighted by molar-refractivity contribution is -0.120. The second-order valence-electron chi connectivity index (χ2n) is 6.21. The molecular weight excluding hydrogens is 332 g/mol. The molecule has 1 N–H and O–H groups in total. The highest BCUT2D eigenvalue weighted by Gasteiger charge is 2.20. The van der Waals surface area contributed by atoms with Crippen molar-refractivity contribution >= 4 is 23.5 Å². The molecule has 1 aromatic carbocycles. The number of amides is 1. The Labute approximate surface area is 153 Å². The van der Waals surface area contributed by atoms with Gasteiger partial charge in [-0.25, -0.2) is 4.98 Å². The fourth-order valence-corrected chi connectivity index (χ4v) is 3.82. The number of hydrogen-bond acceptors (Lipinski definition) is 5. The van der Waals surface area contributed by atoms with E-state index >= 15 is 0 Å². The Morgan fingerprint density at radius 3 is 2.72 bits per heavy atom. The molecule has 2 heterocycles. The summed E-state index contributed by atoms with van der Waals surface area (Å²) >= 11 is 1.73. The highest BCUT2D eigenvalue weighted by Crippen LogP contribution is 2.21. The first-order chi connectivity index (χ1) is 12.3. The summed E-state index contributed by atoms with van der Waals surface area (Å²) in [6, 6.07) is 10.2. The first-order valence-electron chi connectivity index (χ1n) is 8.77. The number of carbonyl (C=O) groups excluding carboxylic acids is 1. The predicted molar refractivity (Wildman–Crippen MR) is 102 cm³/mol. The van der Waals surface area contributed by atoms with Crippen LogP contribution in [-0.2, 0) is 4.79 Å². The molecule has 0 bridgehead atoms. The van der Waals surface area contributed by atoms with Crippen molar-refractivity contribution < 1.29 is 4.79 Å². The minimum atomic E-state index is 0.153. The van der Waals surface area contributed by atoms with Crippen molar-refractivity contribution in [2.24, 2.45) is 5.92 Å². The maximum absolute atomic E-state index is 12.0. The van der Waals surface area contributed by atoms with Gasteiger partial charge in [-0.15, -0.1) is 11.8 Å². The summed E-state index contributed by atoms with van der Waals surface area (Å²) < 4.78 is 0. The first-order valence-corrected chi connectivity index (χ1v) is 9.75. The van der Waals surface area contributed by atoms with Crippen LogP contribution in [0.1, 0.15) is 19.3 Å². The van der Waals surface area contributed by atoms with E-state index in [2.05, 4.69) is 32.3 Å². The van der Waals surface area contributed by atoms with Gasteiger partial charge in [0.15, 0.2) is 0 Å². The van der Waals surface area contributed by atoms with Crippen LogP contribution in [0.4, 0.5) is 5.82 Å². The van der Waals surface area contributed by atoms with E-state index in [1.54, 1.807) is 24.2 Å². The number of carbonyl (C=O) groups is 1. The highest BCUT2D eigenvalue weighted by molar-refractivity contribution is 7.99. The van der Waals surface area contributed by atoms with Crippen LogP contribution in [-0.4, -0.2) is 41.3 Å². The first kappa shape index (κ1) is 17.7. The maximum Gasteiger partial charge on any atom is 0.220 e. The van der Waals surface area contributed by atoms with E-state index in [-0.39, 0.29) is 5.91 Å². The van der Waals surface area contributed by atoms with Crippen molar-refractivity contribution in [1.29, 1.82) is 0 Å². The van der Waals surface area contributed by atoms with E-state index in [4.69, 9.17) is 0 Å². The molecule has 0 atom stereocenters. The van der Waals surface area contributed by atoms with Crippen molar-refractivity contribution in [3.8, 4) is 0 Å². The number of aromatic nitrogens is 2. The van der Waals surface area contributed by atoms with Gasteiger partial charge in [-0.05, 0) is 30.9 Å². The zero-order valence-electron chi connectivity index (χ0n) is 14.3. The molecule has 1 amide bonds. The molecule has 3 rings (SSSR count). The number of hydrogen-bond donors (Lipinski definition) is 1. The molecule has 1 aliphatic rings. The van der Waals surface area contributed by atoms with E-state index in [1.807, 2.05) is 24.4 Å². The molecule has 0 aliphatic carbocycles. The minimum Gasteiger partial charge on any atom is -0.356 e. The van der Waals surface area contributed by atoms with Crippen LogP contribution >= 0.6 is 11.8 Å². The van der Waals surface area contributed by atoms with Gasteiger partial charge in [-0.1, -0.05) is 18.2 Å². The van der Waals surface area contributed by atoms with E-state index in [0.29, 0.717) is 12.3 Å². The summed E-state index contributed by atoms with van der Waals surface area (Å²) in [5, 5.41) is 3.09. The number of thioether (sulfide) groups is 1. The summed E-state index contributed by atoms with van der Waals surface area (Å²) in [6.45, 7) is 2.73. The molecule has 1 aromatic heterocycles. The summed E-state index contributed by atoms with van der Waals surface area (Å²) in [4.78, 5) is 24.0. The van der Waals surface area contributed by atoms with Crippen molar-refractivity contribution in [2.75, 3.05) is 30.3 Å². The summed E-state index contributed by atoms with van der Waals surface area (Å²) in [5.41, 5.74) is 0. The SMILES string of the molecule is O=C(CCSc1ccccc1)NCC1CCN(c2cnccn2)CC1. The van der Waals surface area contributed by atoms with Crippen molar-refractivity contribution in [1.82, 2.24) is 15.3 Å². The molecule has 0 spiro atoms. The highest BCUT2D eigenvalue weighted by atomic mass is 32.2. The van der Waals surface area contributed by atoms with E-state index < -0.39 is 0 Å². The summed E-state index contributed by atoms with van der Waals surface area (Å²) in [5.74, 6) is 2.47. The number of nitrogens with zero attached hydrogens (tertiary/aromatic N) is 3. The molecular formula is C19H24N4OS. The quantitative estimate of drug-likeness (QED) is 0.773. The maximum atomic E-state index is 12.0. The number of piperidine rings is 1. The van der Waals surface area contributed by atoms with Gasteiger partial charge in [-0.3, -0.25) is 9.78 Å². The smallest absolute Gasteiger partial charge is 0.220 e. The van der Waals surface area contributed by atoms with E-state index in [1.165, 1.54) is 4.90 Å². The molecule has 1 fully saturated rings. The fraction of sp³-hybridized carbons (Fsp3) is 0.421. The normalized spacial score (nSPS) is 15.1. The van der Waals surface area contributed by atoms with Gasteiger partial charge in [0.2, 0.25) is 5.91 Å². The van der Waals surface area contributed by atoms with Gasteiger partial charge in [0.05, 0.1) is 6.20 Å². The van der Waals surface area contributed by atoms with Gasteiger partial charge in [-0.2, -0.15) is 0 Å². The molecule has 5 nitrogen and oxygen atoms in total. The Morgan fingerprint density at radius 2 is 2.00 bits per heavy atom. The Bertz CT molecular complexity index is 645. The van der Waals surface area contributed by atoms with E-state index in [0.717, 1.165) is 44.0 Å². The van der Waals surface area contributed by atoms with Crippen LogP contribution in [0, 0.1) is 5.92 Å². The molecule has 2 aromatic rings. The van der Waals surface area contributed by atoms with Gasteiger partial charge in [0.1, 0.15) is 5.82 Å². The second kappa shape index (κ2) is 9.42. The third kappa shape index (κ3) is 5.74. The lowest BCUT2D eigenvalue weighted by Gasteiger charge is -2.32. The van der Waals surface area contributed by atoms with Crippen molar-refractivity contribution in [3.63, 3.8) is 0 Å². The molecule has 0 radical (unpaired) electrons. The average Bonchev–Trinajstić information content (AvgIpc) is 2.68. The van der Waals surface area contributed by atoms with Gasteiger partial charge in [0.25, 0.3) is 0 Å². The number of rotatable bonds is 7. The largest absolute Gasteiger partial charge is 0.356 e. The zero-order chi connectivity index (χ0) is 17.3. The summed E-state index contributed by atoms with van der Waals surface area (Å²) in [7, 11) is 0. The molecule has 6 heteroatoms. The molecule has 1 aliphatic heterocycles. The molecule has 0 unspecified atom stereocenters. The molecule has 1 saturated heterocycles. The minimum absolute atomic E-state index is 0.153. The van der Waals surface area contributed by atoms with E-state index in [9.17, 15) is 4.79 Å². The molecule has 25 heavy (non-hydrogen) atoms. The fourth-order valence-electron chi connectivity index (χ4n) is 2.95. The topological polar surface area (TPSA) is 58.1 Å². The van der Waals surface area contributed by atoms with Gasteiger partial charge < -0.3 is 10.2 Å². The second-order valence-corrected chi connectivity index (χ2v) is 7.38. The monoisotopic (exact) mass is 356 g/mol. The Hall–Kier alpha value is -2.08. The Kier molecular flexibility index (Phi) is 6.68. The standard InChI is InChI=1S/C19H24N4OS/c24-19(8-13-25-17-4-2-1-3-5-17)22-14-16-6-11-23(12-7-16)18-15-20-9-10-21-18/h1-5,9-10,15-16H,6-8,11-14H2,(H,22,24). The zero-order valence-corrected chi connectivity index (χ0v) is 15.1. The predicted octanol–water partition coefficient (Wildman–Crippen LogP) is 2.99. The van der Waals surface area contributed by atoms with Crippen LogP contribution in [0.25, 0.3) is 0 Å². The Balaban J connectivity index is 1.31. The van der Waals surface area contributed by atoms with Crippen molar-refractivity contribution in [3.05, 3.63) is 48.9 Å². The van der Waals surface area contributed by atoms with Gasteiger partial charge >= 0.3 is 0 Å². The van der Waals surface area contributed by atoms with Crippen LogP contribution in [0.5, 0.6) is 0 Å². The lowest BCUT2D eigenvalue weighted by atomic mass is 9.97. The average molecular weight is 356 g/mol. The third-order valence-corrected chi connectivity index (χ3v) is 5.43. The van der Waals surface area contributed by atoms with Crippen LogP contribution < -0.4 is 10.2 Å². The number of benzene rings is 1. The lowest BCUT2D eigenvalue weighted by Crippen LogP contribution is -2.39. The summed E-state index contributed by atoms with van der Waals surface area (Å²) in [6.07, 6.45) is 7.97. The third-order valence-electron chi connectivity index (χ3n) is 4.42.